The molecular formula is C21H14Cl2N4S. The number of rotatable bonds is 4. The molecule has 0 saturated carbocycles. The van der Waals surface area contributed by atoms with Gasteiger partial charge in [-0.25, -0.2) is 9.67 Å². The Morgan fingerprint density at radius 3 is 2.57 bits per heavy atom. The van der Waals surface area contributed by atoms with Gasteiger partial charge in [0, 0.05) is 22.2 Å². The summed E-state index contributed by atoms with van der Waals surface area (Å²) >= 11 is 14.1. The number of para-hydroxylation sites is 1. The molecule has 4 nitrogen and oxygen atoms in total. The zero-order valence-electron chi connectivity index (χ0n) is 14.5. The van der Waals surface area contributed by atoms with Crippen LogP contribution >= 0.6 is 34.5 Å². The van der Waals surface area contributed by atoms with Crippen LogP contribution in [0.1, 0.15) is 5.69 Å². The van der Waals surface area contributed by atoms with E-state index in [0.29, 0.717) is 14.8 Å². The van der Waals surface area contributed by atoms with Crippen molar-refractivity contribution < 1.29 is 0 Å². The molecule has 7 heteroatoms. The maximum atomic E-state index is 6.43. The van der Waals surface area contributed by atoms with Crippen LogP contribution in [-0.4, -0.2) is 15.9 Å². The van der Waals surface area contributed by atoms with Crippen LogP contribution in [0.3, 0.4) is 0 Å². The smallest absolute Gasteiger partial charge is 0.211 e. The molecule has 0 N–H and O–H groups in total. The fourth-order valence-corrected chi connectivity index (χ4v) is 3.78. The molecule has 0 amide bonds. The zero-order chi connectivity index (χ0) is 19.3. The standard InChI is InChI=1S/C21H14Cl2N4S/c22-15-9-10-19(23)18(12-15)20-14-28-21(26-16-6-2-1-3-7-16)27(20)25-13-17-8-4-5-11-24-17/h1-14H. The van der Waals surface area contributed by atoms with Gasteiger partial charge in [-0.3, -0.25) is 4.98 Å². The minimum Gasteiger partial charge on any atom is -0.255 e. The summed E-state index contributed by atoms with van der Waals surface area (Å²) < 4.78 is 1.75. The summed E-state index contributed by atoms with van der Waals surface area (Å²) in [5.74, 6) is 0. The first-order chi connectivity index (χ1) is 13.7. The third kappa shape index (κ3) is 4.22. The van der Waals surface area contributed by atoms with Crippen molar-refractivity contribution in [2.24, 2.45) is 10.1 Å². The molecular weight excluding hydrogens is 411 g/mol. The molecule has 0 fully saturated rings. The fraction of sp³-hybridized carbons (Fsp3) is 0. The molecule has 0 spiro atoms. The molecule has 4 rings (SSSR count). The van der Waals surface area contributed by atoms with Gasteiger partial charge in [0.15, 0.2) is 0 Å². The van der Waals surface area contributed by atoms with Crippen molar-refractivity contribution in [2.75, 3.05) is 0 Å². The summed E-state index contributed by atoms with van der Waals surface area (Å²) in [4.78, 5) is 9.72. The van der Waals surface area contributed by atoms with E-state index in [1.807, 2.05) is 60.0 Å². The van der Waals surface area contributed by atoms with Crippen LogP contribution in [0.25, 0.3) is 11.3 Å². The zero-order valence-corrected chi connectivity index (χ0v) is 16.9. The van der Waals surface area contributed by atoms with Crippen molar-refractivity contribution in [1.29, 1.82) is 0 Å². The highest BCUT2D eigenvalue weighted by Gasteiger charge is 2.12. The lowest BCUT2D eigenvalue weighted by Gasteiger charge is -2.06. The van der Waals surface area contributed by atoms with Gasteiger partial charge in [-0.1, -0.05) is 47.5 Å². The monoisotopic (exact) mass is 424 g/mol. The number of nitrogens with zero attached hydrogens (tertiary/aromatic N) is 4. The van der Waals surface area contributed by atoms with E-state index in [1.165, 1.54) is 11.3 Å². The van der Waals surface area contributed by atoms with E-state index in [1.54, 1.807) is 29.2 Å². The molecule has 2 aromatic heterocycles. The quantitative estimate of drug-likeness (QED) is 0.368. The second kappa shape index (κ2) is 8.52. The Morgan fingerprint density at radius 2 is 1.79 bits per heavy atom. The highest BCUT2D eigenvalue weighted by atomic mass is 35.5. The van der Waals surface area contributed by atoms with Gasteiger partial charge in [0.05, 0.1) is 28.3 Å². The lowest BCUT2D eigenvalue weighted by molar-refractivity contribution is 0.854. The third-order valence-corrected chi connectivity index (χ3v) is 5.24. The summed E-state index contributed by atoms with van der Waals surface area (Å²) in [6.07, 6.45) is 3.42. The lowest BCUT2D eigenvalue weighted by Crippen LogP contribution is -2.11. The molecule has 138 valence electrons. The topological polar surface area (TPSA) is 42.5 Å². The highest BCUT2D eigenvalue weighted by molar-refractivity contribution is 7.07. The Bertz CT molecular complexity index is 1180. The molecule has 0 aliphatic heterocycles. The van der Waals surface area contributed by atoms with Gasteiger partial charge in [0.1, 0.15) is 0 Å². The van der Waals surface area contributed by atoms with Crippen LogP contribution in [-0.2, 0) is 0 Å². The largest absolute Gasteiger partial charge is 0.255 e. The van der Waals surface area contributed by atoms with Crippen molar-refractivity contribution in [1.82, 2.24) is 9.66 Å². The van der Waals surface area contributed by atoms with E-state index in [0.717, 1.165) is 22.6 Å². The Kier molecular flexibility index (Phi) is 5.67. The van der Waals surface area contributed by atoms with Gasteiger partial charge in [0.2, 0.25) is 4.80 Å². The molecule has 4 aromatic rings. The molecule has 2 heterocycles. The van der Waals surface area contributed by atoms with Crippen molar-refractivity contribution >= 4 is 46.4 Å². The fourth-order valence-electron chi connectivity index (χ4n) is 2.55. The van der Waals surface area contributed by atoms with E-state index < -0.39 is 0 Å². The maximum absolute atomic E-state index is 6.43. The van der Waals surface area contributed by atoms with E-state index in [4.69, 9.17) is 28.2 Å². The van der Waals surface area contributed by atoms with Crippen LogP contribution in [0.15, 0.2) is 88.4 Å². The normalized spacial score (nSPS) is 12.0. The predicted molar refractivity (Wildman–Crippen MR) is 117 cm³/mol. The summed E-state index contributed by atoms with van der Waals surface area (Å²) in [7, 11) is 0. The molecule has 28 heavy (non-hydrogen) atoms. The summed E-state index contributed by atoms with van der Waals surface area (Å²) in [5, 5.41) is 7.79. The van der Waals surface area contributed by atoms with Crippen molar-refractivity contribution in [3.8, 4) is 11.3 Å². The molecule has 0 aliphatic carbocycles. The van der Waals surface area contributed by atoms with Crippen LogP contribution in [0.2, 0.25) is 10.0 Å². The SMILES string of the molecule is Clc1ccc(Cl)c(-c2csc(=Nc3ccccc3)n2N=Cc2ccccn2)c1. The molecule has 0 atom stereocenters. The van der Waals surface area contributed by atoms with Crippen molar-refractivity contribution in [3.05, 3.63) is 98.8 Å². The first-order valence-corrected chi connectivity index (χ1v) is 10.1. The van der Waals surface area contributed by atoms with Crippen molar-refractivity contribution in [3.63, 3.8) is 0 Å². The average molecular weight is 425 g/mol. The number of thiazole rings is 1. The number of benzene rings is 2. The van der Waals surface area contributed by atoms with Gasteiger partial charge in [0.25, 0.3) is 0 Å². The summed E-state index contributed by atoms with van der Waals surface area (Å²) in [5.41, 5.74) is 3.18. The number of hydrogen-bond acceptors (Lipinski definition) is 4. The van der Waals surface area contributed by atoms with E-state index in [9.17, 15) is 0 Å². The highest BCUT2D eigenvalue weighted by Crippen LogP contribution is 2.31. The Morgan fingerprint density at radius 1 is 0.964 bits per heavy atom. The first kappa shape index (κ1) is 18.6. The second-order valence-electron chi connectivity index (χ2n) is 5.79. The van der Waals surface area contributed by atoms with E-state index in [2.05, 4.69) is 10.1 Å². The Hall–Kier alpha value is -2.73. The molecule has 0 saturated heterocycles. The van der Waals surface area contributed by atoms with E-state index >= 15 is 0 Å². The van der Waals surface area contributed by atoms with Crippen LogP contribution in [0.5, 0.6) is 0 Å². The number of halogens is 2. The van der Waals surface area contributed by atoms with Crippen molar-refractivity contribution in [2.45, 2.75) is 0 Å². The second-order valence-corrected chi connectivity index (χ2v) is 7.47. The third-order valence-electron chi connectivity index (χ3n) is 3.86. The molecule has 0 bridgehead atoms. The minimum atomic E-state index is 0.593. The van der Waals surface area contributed by atoms with Gasteiger partial charge in [-0.05, 0) is 42.5 Å². The van der Waals surface area contributed by atoms with E-state index in [-0.39, 0.29) is 0 Å². The molecule has 0 aliphatic rings. The lowest BCUT2D eigenvalue weighted by atomic mass is 10.2. The predicted octanol–water partition coefficient (Wildman–Crippen LogP) is 6.03. The molecule has 2 aromatic carbocycles. The van der Waals surface area contributed by atoms with Gasteiger partial charge in [-0.15, -0.1) is 11.3 Å². The summed E-state index contributed by atoms with van der Waals surface area (Å²) in [6.45, 7) is 0. The molecule has 0 radical (unpaired) electrons. The number of aromatic nitrogens is 2. The summed E-state index contributed by atoms with van der Waals surface area (Å²) in [6, 6.07) is 20.8. The number of hydrogen-bond donors (Lipinski definition) is 0. The first-order valence-electron chi connectivity index (χ1n) is 8.42. The van der Waals surface area contributed by atoms with Crippen LogP contribution in [0, 0.1) is 0 Å². The van der Waals surface area contributed by atoms with Gasteiger partial charge >= 0.3 is 0 Å². The maximum Gasteiger partial charge on any atom is 0.211 e. The average Bonchev–Trinajstić information content (AvgIpc) is 3.12. The molecule has 0 unspecified atom stereocenters. The van der Waals surface area contributed by atoms with Gasteiger partial charge < -0.3 is 0 Å². The Labute approximate surface area is 176 Å². The van der Waals surface area contributed by atoms with Crippen LogP contribution < -0.4 is 4.80 Å². The minimum absolute atomic E-state index is 0.593. The van der Waals surface area contributed by atoms with Gasteiger partial charge in [-0.2, -0.15) is 5.10 Å². The number of pyridine rings is 1. The van der Waals surface area contributed by atoms with Crippen LogP contribution in [0.4, 0.5) is 5.69 Å². The Balaban J connectivity index is 1.88.